The largest absolute Gasteiger partial charge is 0.396 e. The quantitative estimate of drug-likeness (QED) is 0.717. The van der Waals surface area contributed by atoms with Gasteiger partial charge in [-0.2, -0.15) is 0 Å². The Hall–Kier alpha value is -1.06. The van der Waals surface area contributed by atoms with Crippen molar-refractivity contribution in [1.82, 2.24) is 4.90 Å². The van der Waals surface area contributed by atoms with Gasteiger partial charge in [-0.05, 0) is 50.6 Å². The van der Waals surface area contributed by atoms with E-state index in [1.807, 2.05) is 0 Å². The maximum atomic E-state index is 8.73. The third-order valence-electron chi connectivity index (χ3n) is 3.08. The number of nitrogens with zero attached hydrogens (tertiary/aromatic N) is 2. The molecule has 0 aliphatic rings. The fraction of sp³-hybridized carbons (Fsp3) is 0.600. The number of unbranched alkanes of at least 4 members (excludes halogenated alkanes) is 2. The third kappa shape index (κ3) is 5.52. The van der Waals surface area contributed by atoms with Crippen LogP contribution in [-0.2, 0) is 6.54 Å². The van der Waals surface area contributed by atoms with E-state index in [9.17, 15) is 0 Å². The van der Waals surface area contributed by atoms with Gasteiger partial charge in [-0.25, -0.2) is 0 Å². The maximum absolute atomic E-state index is 8.73. The first-order valence-corrected chi connectivity index (χ1v) is 6.69. The van der Waals surface area contributed by atoms with E-state index in [1.165, 1.54) is 11.3 Å². The summed E-state index contributed by atoms with van der Waals surface area (Å²) in [5.41, 5.74) is 2.60. The summed E-state index contributed by atoms with van der Waals surface area (Å²) in [6.07, 6.45) is 3.19. The van der Waals surface area contributed by atoms with E-state index in [2.05, 4.69) is 55.2 Å². The smallest absolute Gasteiger partial charge is 0.0431 e. The molecule has 0 aliphatic carbocycles. The summed E-state index contributed by atoms with van der Waals surface area (Å²) >= 11 is 0. The monoisotopic (exact) mass is 250 g/mol. The van der Waals surface area contributed by atoms with Crippen LogP contribution >= 0.6 is 0 Å². The fourth-order valence-corrected chi connectivity index (χ4v) is 1.99. The van der Waals surface area contributed by atoms with Gasteiger partial charge < -0.3 is 14.9 Å². The van der Waals surface area contributed by atoms with Gasteiger partial charge >= 0.3 is 0 Å². The highest BCUT2D eigenvalue weighted by atomic mass is 16.2. The Labute approximate surface area is 111 Å². The first-order chi connectivity index (χ1) is 8.63. The van der Waals surface area contributed by atoms with Crippen LogP contribution in [0.25, 0.3) is 0 Å². The van der Waals surface area contributed by atoms with Crippen molar-refractivity contribution >= 4 is 5.69 Å². The summed E-state index contributed by atoms with van der Waals surface area (Å²) in [6.45, 7) is 2.39. The van der Waals surface area contributed by atoms with Gasteiger partial charge in [0.15, 0.2) is 0 Å². The molecule has 0 saturated carbocycles. The Kier molecular flexibility index (Phi) is 6.76. The van der Waals surface area contributed by atoms with Gasteiger partial charge in [0, 0.05) is 32.9 Å². The van der Waals surface area contributed by atoms with Crippen LogP contribution in [0.4, 0.5) is 5.69 Å². The zero-order valence-corrected chi connectivity index (χ0v) is 11.9. The molecule has 0 aliphatic heterocycles. The highest BCUT2D eigenvalue weighted by Gasteiger charge is 2.02. The van der Waals surface area contributed by atoms with Crippen molar-refractivity contribution in [2.45, 2.75) is 25.8 Å². The van der Waals surface area contributed by atoms with E-state index >= 15 is 0 Å². The molecule has 3 heteroatoms. The van der Waals surface area contributed by atoms with Crippen LogP contribution in [0.15, 0.2) is 24.3 Å². The van der Waals surface area contributed by atoms with Crippen LogP contribution in [0.3, 0.4) is 0 Å². The summed E-state index contributed by atoms with van der Waals surface area (Å²) in [5.74, 6) is 0. The molecule has 3 nitrogen and oxygen atoms in total. The molecule has 0 fully saturated rings. The molecular formula is C15H26N2O. The van der Waals surface area contributed by atoms with Crippen molar-refractivity contribution in [3.8, 4) is 0 Å². The molecule has 0 amide bonds. The number of benzene rings is 1. The van der Waals surface area contributed by atoms with Crippen LogP contribution in [0.5, 0.6) is 0 Å². The first-order valence-electron chi connectivity index (χ1n) is 6.69. The normalized spacial score (nSPS) is 10.9. The summed E-state index contributed by atoms with van der Waals surface area (Å²) in [6, 6.07) is 8.66. The zero-order chi connectivity index (χ0) is 13.4. The number of hydrogen-bond donors (Lipinski definition) is 1. The summed E-state index contributed by atoms with van der Waals surface area (Å²) in [5, 5.41) is 8.73. The Bertz CT molecular complexity index is 339. The molecule has 1 rings (SSSR count). The third-order valence-corrected chi connectivity index (χ3v) is 3.08. The fourth-order valence-electron chi connectivity index (χ4n) is 1.99. The molecule has 1 aromatic rings. The molecule has 0 saturated heterocycles. The van der Waals surface area contributed by atoms with Crippen molar-refractivity contribution in [2.75, 3.05) is 39.2 Å². The number of aliphatic hydroxyl groups excluding tert-OH is 1. The minimum absolute atomic E-state index is 0.314. The SMILES string of the molecule is CN(CCCCCO)Cc1cccc(N(C)C)c1. The Morgan fingerprint density at radius 2 is 1.83 bits per heavy atom. The molecule has 1 N–H and O–H groups in total. The van der Waals surface area contributed by atoms with Crippen molar-refractivity contribution in [1.29, 1.82) is 0 Å². The average molecular weight is 250 g/mol. The van der Waals surface area contributed by atoms with Gasteiger partial charge in [-0.1, -0.05) is 12.1 Å². The average Bonchev–Trinajstić information content (AvgIpc) is 2.35. The Morgan fingerprint density at radius 1 is 1.06 bits per heavy atom. The number of anilines is 1. The molecule has 0 radical (unpaired) electrons. The van der Waals surface area contributed by atoms with Crippen LogP contribution in [0.2, 0.25) is 0 Å². The molecule has 0 atom stereocenters. The topological polar surface area (TPSA) is 26.7 Å². The minimum Gasteiger partial charge on any atom is -0.396 e. The predicted molar refractivity (Wildman–Crippen MR) is 78.0 cm³/mol. The Balaban J connectivity index is 2.39. The summed E-state index contributed by atoms with van der Waals surface area (Å²) < 4.78 is 0. The van der Waals surface area contributed by atoms with Gasteiger partial charge in [0.25, 0.3) is 0 Å². The van der Waals surface area contributed by atoms with E-state index in [-0.39, 0.29) is 0 Å². The molecule has 0 unspecified atom stereocenters. The second kappa shape index (κ2) is 8.11. The highest BCUT2D eigenvalue weighted by molar-refractivity contribution is 5.47. The maximum Gasteiger partial charge on any atom is 0.0431 e. The lowest BCUT2D eigenvalue weighted by Gasteiger charge is -2.18. The zero-order valence-electron chi connectivity index (χ0n) is 11.9. The summed E-state index contributed by atoms with van der Waals surface area (Å²) in [7, 11) is 6.29. The lowest BCUT2D eigenvalue weighted by Crippen LogP contribution is -2.19. The number of rotatable bonds is 8. The number of aliphatic hydroxyl groups is 1. The molecular weight excluding hydrogens is 224 g/mol. The molecule has 0 aromatic heterocycles. The molecule has 0 heterocycles. The summed E-state index contributed by atoms with van der Waals surface area (Å²) in [4.78, 5) is 4.47. The van der Waals surface area contributed by atoms with Crippen molar-refractivity contribution in [2.24, 2.45) is 0 Å². The van der Waals surface area contributed by atoms with Crippen molar-refractivity contribution in [3.63, 3.8) is 0 Å². The minimum atomic E-state index is 0.314. The molecule has 102 valence electrons. The van der Waals surface area contributed by atoms with Crippen LogP contribution in [-0.4, -0.2) is 44.3 Å². The van der Waals surface area contributed by atoms with Crippen molar-refractivity contribution < 1.29 is 5.11 Å². The van der Waals surface area contributed by atoms with Crippen molar-refractivity contribution in [3.05, 3.63) is 29.8 Å². The van der Waals surface area contributed by atoms with Crippen LogP contribution < -0.4 is 4.90 Å². The van der Waals surface area contributed by atoms with Gasteiger partial charge in [0.2, 0.25) is 0 Å². The second-order valence-electron chi connectivity index (χ2n) is 5.09. The van der Waals surface area contributed by atoms with E-state index in [0.29, 0.717) is 6.61 Å². The van der Waals surface area contributed by atoms with Crippen LogP contribution in [0.1, 0.15) is 24.8 Å². The second-order valence-corrected chi connectivity index (χ2v) is 5.09. The van der Waals surface area contributed by atoms with Gasteiger partial charge in [0.1, 0.15) is 0 Å². The van der Waals surface area contributed by atoms with Crippen LogP contribution in [0, 0.1) is 0 Å². The molecule has 1 aromatic carbocycles. The molecule has 0 bridgehead atoms. The standard InChI is InChI=1S/C15H26N2O/c1-16(2)15-9-7-8-14(12-15)13-17(3)10-5-4-6-11-18/h7-9,12,18H,4-6,10-11,13H2,1-3H3. The van der Waals surface area contributed by atoms with Gasteiger partial charge in [-0.15, -0.1) is 0 Å². The number of hydrogen-bond acceptors (Lipinski definition) is 3. The predicted octanol–water partition coefficient (Wildman–Crippen LogP) is 2.35. The molecule has 0 spiro atoms. The van der Waals surface area contributed by atoms with Gasteiger partial charge in [-0.3, -0.25) is 0 Å². The van der Waals surface area contributed by atoms with E-state index in [4.69, 9.17) is 5.11 Å². The molecule has 18 heavy (non-hydrogen) atoms. The van der Waals surface area contributed by atoms with Gasteiger partial charge in [0.05, 0.1) is 0 Å². The van der Waals surface area contributed by atoms with E-state index in [0.717, 1.165) is 32.4 Å². The highest BCUT2D eigenvalue weighted by Crippen LogP contribution is 2.14. The lowest BCUT2D eigenvalue weighted by molar-refractivity contribution is 0.271. The Morgan fingerprint density at radius 3 is 2.50 bits per heavy atom. The van der Waals surface area contributed by atoms with E-state index in [1.54, 1.807) is 0 Å². The van der Waals surface area contributed by atoms with E-state index < -0.39 is 0 Å². The first kappa shape index (κ1) is 15.0. The lowest BCUT2D eigenvalue weighted by atomic mass is 10.1.